The Morgan fingerprint density at radius 3 is 2.48 bits per heavy atom. The van der Waals surface area contributed by atoms with E-state index in [1.807, 2.05) is 24.3 Å². The van der Waals surface area contributed by atoms with Gasteiger partial charge < -0.3 is 15.7 Å². The van der Waals surface area contributed by atoms with E-state index < -0.39 is 11.9 Å². The molecule has 21 heavy (non-hydrogen) atoms. The number of carboxylic acid groups (broad SMARTS) is 1. The van der Waals surface area contributed by atoms with E-state index in [0.717, 1.165) is 25.7 Å². The minimum atomic E-state index is -0.827. The van der Waals surface area contributed by atoms with Crippen LogP contribution in [-0.4, -0.2) is 23.1 Å². The fourth-order valence-electron chi connectivity index (χ4n) is 2.76. The second-order valence-electron chi connectivity index (χ2n) is 5.48. The molecule has 0 saturated heterocycles. The number of aryl methyl sites for hydroxylation is 1. The van der Waals surface area contributed by atoms with Gasteiger partial charge in [-0.2, -0.15) is 0 Å². The Hall–Kier alpha value is -2.04. The minimum absolute atomic E-state index is 0.286. The molecule has 0 aliphatic heterocycles. The molecule has 0 aromatic heterocycles. The van der Waals surface area contributed by atoms with Crippen molar-refractivity contribution in [1.29, 1.82) is 0 Å². The third kappa shape index (κ3) is 4.21. The lowest BCUT2D eigenvalue weighted by molar-refractivity contribution is -0.143. The lowest BCUT2D eigenvalue weighted by Crippen LogP contribution is -2.46. The molecule has 1 aromatic rings. The highest BCUT2D eigenvalue weighted by Gasteiger charge is 2.31. The Balaban J connectivity index is 1.92. The number of hydrogen-bond donors (Lipinski definition) is 3. The van der Waals surface area contributed by atoms with Gasteiger partial charge in [0, 0.05) is 11.7 Å². The maximum absolute atomic E-state index is 12.0. The predicted octanol–water partition coefficient (Wildman–Crippen LogP) is 3.01. The number of amides is 2. The molecule has 1 saturated carbocycles. The van der Waals surface area contributed by atoms with Crippen LogP contribution in [0.25, 0.3) is 0 Å². The number of aliphatic carboxylic acids is 1. The van der Waals surface area contributed by atoms with E-state index in [-0.39, 0.29) is 12.1 Å². The van der Waals surface area contributed by atoms with Gasteiger partial charge in [-0.05, 0) is 37.0 Å². The summed E-state index contributed by atoms with van der Waals surface area (Å²) in [5.74, 6) is -1.31. The van der Waals surface area contributed by atoms with Crippen molar-refractivity contribution in [1.82, 2.24) is 5.32 Å². The molecule has 0 heterocycles. The van der Waals surface area contributed by atoms with Crippen molar-refractivity contribution in [3.8, 4) is 0 Å². The zero-order valence-corrected chi connectivity index (χ0v) is 12.3. The summed E-state index contributed by atoms with van der Waals surface area (Å²) in [5.41, 5.74) is 1.92. The Morgan fingerprint density at radius 1 is 1.19 bits per heavy atom. The van der Waals surface area contributed by atoms with E-state index in [4.69, 9.17) is 0 Å². The summed E-state index contributed by atoms with van der Waals surface area (Å²) in [6.45, 7) is 2.07. The minimum Gasteiger partial charge on any atom is -0.481 e. The standard InChI is InChI=1S/C16H22N2O3/c1-2-11-7-9-12(10-8-11)17-16(21)18-14-6-4-3-5-13(14)15(19)20/h7-10,13-14H,2-6H2,1H3,(H,19,20)(H2,17,18,21). The first-order valence-electron chi connectivity index (χ1n) is 7.49. The van der Waals surface area contributed by atoms with Crippen molar-refractivity contribution < 1.29 is 14.7 Å². The molecule has 0 spiro atoms. The van der Waals surface area contributed by atoms with Gasteiger partial charge in [0.25, 0.3) is 0 Å². The number of anilines is 1. The molecule has 5 heteroatoms. The number of carboxylic acids is 1. The zero-order valence-electron chi connectivity index (χ0n) is 12.3. The molecule has 5 nitrogen and oxygen atoms in total. The van der Waals surface area contributed by atoms with Gasteiger partial charge in [-0.25, -0.2) is 4.79 Å². The molecule has 1 aromatic carbocycles. The largest absolute Gasteiger partial charge is 0.481 e. The summed E-state index contributed by atoms with van der Waals surface area (Å²) in [4.78, 5) is 23.2. The van der Waals surface area contributed by atoms with Crippen molar-refractivity contribution in [3.63, 3.8) is 0 Å². The Morgan fingerprint density at radius 2 is 1.86 bits per heavy atom. The highest BCUT2D eigenvalue weighted by molar-refractivity contribution is 5.89. The SMILES string of the molecule is CCc1ccc(NC(=O)NC2CCCCC2C(=O)O)cc1. The Bertz CT molecular complexity index is 499. The van der Waals surface area contributed by atoms with Crippen LogP contribution in [0.2, 0.25) is 0 Å². The highest BCUT2D eigenvalue weighted by atomic mass is 16.4. The normalized spacial score (nSPS) is 21.6. The lowest BCUT2D eigenvalue weighted by atomic mass is 9.84. The summed E-state index contributed by atoms with van der Waals surface area (Å²) >= 11 is 0. The average Bonchev–Trinajstić information content (AvgIpc) is 2.48. The third-order valence-corrected chi connectivity index (χ3v) is 4.02. The van der Waals surface area contributed by atoms with Crippen LogP contribution in [0, 0.1) is 5.92 Å². The number of hydrogen-bond acceptors (Lipinski definition) is 2. The van der Waals surface area contributed by atoms with Crippen LogP contribution in [0.3, 0.4) is 0 Å². The fraction of sp³-hybridized carbons (Fsp3) is 0.500. The lowest BCUT2D eigenvalue weighted by Gasteiger charge is -2.29. The number of rotatable bonds is 4. The van der Waals surface area contributed by atoms with Gasteiger partial charge in [0.1, 0.15) is 0 Å². The molecule has 2 rings (SSSR count). The maximum Gasteiger partial charge on any atom is 0.319 e. The molecule has 114 valence electrons. The van der Waals surface area contributed by atoms with Gasteiger partial charge in [0.15, 0.2) is 0 Å². The van der Waals surface area contributed by atoms with Gasteiger partial charge in [0.05, 0.1) is 5.92 Å². The van der Waals surface area contributed by atoms with Gasteiger partial charge in [-0.1, -0.05) is 31.9 Å². The molecule has 0 bridgehead atoms. The van der Waals surface area contributed by atoms with E-state index in [1.54, 1.807) is 0 Å². The van der Waals surface area contributed by atoms with Crippen LogP contribution in [-0.2, 0) is 11.2 Å². The number of nitrogens with one attached hydrogen (secondary N) is 2. The van der Waals surface area contributed by atoms with Crippen molar-refractivity contribution >= 4 is 17.7 Å². The molecular weight excluding hydrogens is 268 g/mol. The zero-order chi connectivity index (χ0) is 15.2. The summed E-state index contributed by atoms with van der Waals surface area (Å²) in [7, 11) is 0. The van der Waals surface area contributed by atoms with Gasteiger partial charge in [0.2, 0.25) is 0 Å². The third-order valence-electron chi connectivity index (χ3n) is 4.02. The molecular formula is C16H22N2O3. The van der Waals surface area contributed by atoms with Crippen LogP contribution >= 0.6 is 0 Å². The fourth-order valence-corrected chi connectivity index (χ4v) is 2.76. The second kappa shape index (κ2) is 7.11. The Labute approximate surface area is 124 Å². The topological polar surface area (TPSA) is 78.4 Å². The molecule has 2 unspecified atom stereocenters. The van der Waals surface area contributed by atoms with E-state index in [9.17, 15) is 14.7 Å². The number of urea groups is 1. The first-order valence-corrected chi connectivity index (χ1v) is 7.49. The smallest absolute Gasteiger partial charge is 0.319 e. The van der Waals surface area contributed by atoms with E-state index >= 15 is 0 Å². The van der Waals surface area contributed by atoms with Crippen molar-refractivity contribution in [2.75, 3.05) is 5.32 Å². The average molecular weight is 290 g/mol. The highest BCUT2D eigenvalue weighted by Crippen LogP contribution is 2.24. The molecule has 1 aliphatic carbocycles. The van der Waals surface area contributed by atoms with Crippen molar-refractivity contribution in [2.24, 2.45) is 5.92 Å². The van der Waals surface area contributed by atoms with Gasteiger partial charge in [-0.15, -0.1) is 0 Å². The van der Waals surface area contributed by atoms with E-state index in [1.165, 1.54) is 5.56 Å². The predicted molar refractivity (Wildman–Crippen MR) is 81.4 cm³/mol. The van der Waals surface area contributed by atoms with Crippen molar-refractivity contribution in [3.05, 3.63) is 29.8 Å². The number of carbonyl (C=O) groups is 2. The molecule has 1 fully saturated rings. The molecule has 2 amide bonds. The quantitative estimate of drug-likeness (QED) is 0.797. The van der Waals surface area contributed by atoms with Crippen LogP contribution in [0.4, 0.5) is 10.5 Å². The van der Waals surface area contributed by atoms with Gasteiger partial charge in [-0.3, -0.25) is 4.79 Å². The molecule has 0 radical (unpaired) electrons. The van der Waals surface area contributed by atoms with Crippen LogP contribution in [0.15, 0.2) is 24.3 Å². The molecule has 1 aliphatic rings. The maximum atomic E-state index is 12.0. The van der Waals surface area contributed by atoms with Gasteiger partial charge >= 0.3 is 12.0 Å². The number of benzene rings is 1. The Kier molecular flexibility index (Phi) is 5.20. The summed E-state index contributed by atoms with van der Waals surface area (Å²) in [6.07, 6.45) is 4.18. The van der Waals surface area contributed by atoms with Crippen LogP contribution < -0.4 is 10.6 Å². The van der Waals surface area contributed by atoms with Crippen LogP contribution in [0.5, 0.6) is 0 Å². The van der Waals surface area contributed by atoms with Crippen LogP contribution in [0.1, 0.15) is 38.2 Å². The monoisotopic (exact) mass is 290 g/mol. The van der Waals surface area contributed by atoms with E-state index in [2.05, 4.69) is 17.6 Å². The summed E-state index contributed by atoms with van der Waals surface area (Å²) < 4.78 is 0. The first-order chi connectivity index (χ1) is 10.1. The molecule has 2 atom stereocenters. The van der Waals surface area contributed by atoms with E-state index in [0.29, 0.717) is 12.1 Å². The summed E-state index contributed by atoms with van der Waals surface area (Å²) in [6, 6.07) is 7.03. The first kappa shape index (κ1) is 15.4. The summed E-state index contributed by atoms with van der Waals surface area (Å²) in [5, 5.41) is 14.8. The number of carbonyl (C=O) groups excluding carboxylic acids is 1. The second-order valence-corrected chi connectivity index (χ2v) is 5.48. The van der Waals surface area contributed by atoms with Crippen molar-refractivity contribution in [2.45, 2.75) is 45.1 Å². The molecule has 3 N–H and O–H groups in total.